The van der Waals surface area contributed by atoms with E-state index in [0.717, 1.165) is 16.8 Å². The summed E-state index contributed by atoms with van der Waals surface area (Å²) in [5.74, 6) is 0.518. The first-order valence-electron chi connectivity index (χ1n) is 4.40. The van der Waals surface area contributed by atoms with Crippen LogP contribution >= 0.6 is 0 Å². The maximum Gasteiger partial charge on any atom is 0.123 e. The molecule has 0 bridgehead atoms. The highest BCUT2D eigenvalue weighted by molar-refractivity contribution is 5.61. The third-order valence-corrected chi connectivity index (χ3v) is 1.99. The molecule has 0 aliphatic heterocycles. The fourth-order valence-electron chi connectivity index (χ4n) is 1.25. The summed E-state index contributed by atoms with van der Waals surface area (Å²) in [4.78, 5) is 8.24. The van der Waals surface area contributed by atoms with Crippen LogP contribution in [0.1, 0.15) is 5.56 Å². The predicted octanol–water partition coefficient (Wildman–Crippen LogP) is 2.03. The highest BCUT2D eigenvalue weighted by Crippen LogP contribution is 2.17. The van der Waals surface area contributed by atoms with E-state index in [-0.39, 0.29) is 0 Å². The van der Waals surface area contributed by atoms with Gasteiger partial charge in [-0.15, -0.1) is 0 Å². The first kappa shape index (κ1) is 8.69. The van der Waals surface area contributed by atoms with Gasteiger partial charge in [0.05, 0.1) is 5.69 Å². The van der Waals surface area contributed by atoms with E-state index in [1.807, 2.05) is 37.4 Å². The molecule has 0 aromatic carbocycles. The molecule has 0 spiro atoms. The number of aromatic nitrogens is 2. The molecule has 2 rings (SSSR count). The minimum Gasteiger partial charge on any atom is -0.384 e. The third kappa shape index (κ3) is 1.71. The zero-order valence-corrected chi connectivity index (χ0v) is 7.94. The minimum atomic E-state index is 0.518. The lowest BCUT2D eigenvalue weighted by Crippen LogP contribution is -1.90. The molecule has 70 valence electrons. The normalized spacial score (nSPS) is 10.1. The first-order chi connectivity index (χ1) is 6.75. The predicted molar refractivity (Wildman–Crippen MR) is 56.6 cm³/mol. The molecule has 0 aliphatic carbocycles. The Morgan fingerprint density at radius 1 is 1.14 bits per heavy atom. The molecule has 0 saturated heterocycles. The van der Waals surface area contributed by atoms with Crippen LogP contribution in [0.15, 0.2) is 36.7 Å². The molecule has 2 aromatic heterocycles. The van der Waals surface area contributed by atoms with Gasteiger partial charge in [-0.1, -0.05) is 6.07 Å². The van der Waals surface area contributed by atoms with Crippen molar-refractivity contribution in [1.82, 2.24) is 9.97 Å². The smallest absolute Gasteiger partial charge is 0.123 e. The van der Waals surface area contributed by atoms with E-state index < -0.39 is 0 Å². The van der Waals surface area contributed by atoms with E-state index in [4.69, 9.17) is 5.73 Å². The molecule has 0 radical (unpaired) electrons. The topological polar surface area (TPSA) is 51.8 Å². The zero-order valence-electron chi connectivity index (χ0n) is 7.94. The summed E-state index contributed by atoms with van der Waals surface area (Å²) in [5.41, 5.74) is 8.65. The number of nitrogen functional groups attached to an aromatic ring is 1. The number of nitrogens with two attached hydrogens (primary N) is 1. The molecule has 0 amide bonds. The molecule has 0 unspecified atom stereocenters. The molecule has 0 fully saturated rings. The highest BCUT2D eigenvalue weighted by Gasteiger charge is 1.98. The van der Waals surface area contributed by atoms with Gasteiger partial charge in [0, 0.05) is 18.0 Å². The van der Waals surface area contributed by atoms with Gasteiger partial charge in [0.1, 0.15) is 5.82 Å². The highest BCUT2D eigenvalue weighted by atomic mass is 14.8. The first-order valence-corrected chi connectivity index (χ1v) is 4.40. The van der Waals surface area contributed by atoms with E-state index in [1.54, 1.807) is 6.20 Å². The summed E-state index contributed by atoms with van der Waals surface area (Å²) in [5, 5.41) is 0. The van der Waals surface area contributed by atoms with Crippen LogP contribution in [0.3, 0.4) is 0 Å². The van der Waals surface area contributed by atoms with Gasteiger partial charge in [-0.25, -0.2) is 4.98 Å². The molecule has 2 N–H and O–H groups in total. The maximum atomic E-state index is 5.59. The number of nitrogens with zero attached hydrogens (tertiary/aromatic N) is 2. The zero-order chi connectivity index (χ0) is 9.97. The van der Waals surface area contributed by atoms with Gasteiger partial charge in [-0.2, -0.15) is 0 Å². The Kier molecular flexibility index (Phi) is 2.14. The number of rotatable bonds is 1. The second-order valence-electron chi connectivity index (χ2n) is 3.19. The number of anilines is 1. The largest absolute Gasteiger partial charge is 0.384 e. The van der Waals surface area contributed by atoms with E-state index in [1.165, 1.54) is 0 Å². The molecule has 0 aliphatic rings. The Morgan fingerprint density at radius 2 is 2.00 bits per heavy atom. The van der Waals surface area contributed by atoms with Crippen molar-refractivity contribution < 1.29 is 0 Å². The maximum absolute atomic E-state index is 5.59. The van der Waals surface area contributed by atoms with Crippen molar-refractivity contribution in [2.24, 2.45) is 0 Å². The van der Waals surface area contributed by atoms with Gasteiger partial charge in [-0.3, -0.25) is 4.98 Å². The van der Waals surface area contributed by atoms with Crippen LogP contribution < -0.4 is 5.73 Å². The number of hydrogen-bond acceptors (Lipinski definition) is 3. The van der Waals surface area contributed by atoms with Crippen LogP contribution in [0.4, 0.5) is 5.82 Å². The Bertz CT molecular complexity index is 435. The molecule has 3 heteroatoms. The molecular formula is C11H11N3. The number of hydrogen-bond donors (Lipinski definition) is 1. The molecule has 14 heavy (non-hydrogen) atoms. The van der Waals surface area contributed by atoms with E-state index in [0.29, 0.717) is 5.82 Å². The van der Waals surface area contributed by atoms with Crippen molar-refractivity contribution >= 4 is 5.82 Å². The molecular weight excluding hydrogens is 174 g/mol. The molecule has 0 atom stereocenters. The second-order valence-corrected chi connectivity index (χ2v) is 3.19. The van der Waals surface area contributed by atoms with Crippen LogP contribution in [-0.4, -0.2) is 9.97 Å². The SMILES string of the molecule is Cc1ccc(-c2ccnc(N)c2)nc1. The molecule has 3 nitrogen and oxygen atoms in total. The van der Waals surface area contributed by atoms with Crippen molar-refractivity contribution in [3.05, 3.63) is 42.2 Å². The van der Waals surface area contributed by atoms with Crippen molar-refractivity contribution in [3.8, 4) is 11.3 Å². The van der Waals surface area contributed by atoms with Gasteiger partial charge in [0.2, 0.25) is 0 Å². The molecule has 0 saturated carbocycles. The fraction of sp³-hybridized carbons (Fsp3) is 0.0909. The molecule has 2 aromatic rings. The fourth-order valence-corrected chi connectivity index (χ4v) is 1.25. The van der Waals surface area contributed by atoms with Gasteiger partial charge in [0.25, 0.3) is 0 Å². The average Bonchev–Trinajstić information content (AvgIpc) is 2.19. The van der Waals surface area contributed by atoms with Gasteiger partial charge in [-0.05, 0) is 30.7 Å². The van der Waals surface area contributed by atoms with Crippen molar-refractivity contribution in [3.63, 3.8) is 0 Å². The van der Waals surface area contributed by atoms with Crippen LogP contribution in [0.25, 0.3) is 11.3 Å². The van der Waals surface area contributed by atoms with Crippen LogP contribution in [0.5, 0.6) is 0 Å². The summed E-state index contributed by atoms with van der Waals surface area (Å²) in [6.07, 6.45) is 3.53. The average molecular weight is 185 g/mol. The summed E-state index contributed by atoms with van der Waals surface area (Å²) in [6.45, 7) is 2.01. The summed E-state index contributed by atoms with van der Waals surface area (Å²) >= 11 is 0. The van der Waals surface area contributed by atoms with Crippen LogP contribution in [0, 0.1) is 6.92 Å². The Balaban J connectivity index is 2.44. The van der Waals surface area contributed by atoms with Crippen molar-refractivity contribution in [2.75, 3.05) is 5.73 Å². The summed E-state index contributed by atoms with van der Waals surface area (Å²) in [7, 11) is 0. The summed E-state index contributed by atoms with van der Waals surface area (Å²) in [6, 6.07) is 7.72. The Labute approximate surface area is 82.6 Å². The summed E-state index contributed by atoms with van der Waals surface area (Å²) < 4.78 is 0. The Morgan fingerprint density at radius 3 is 2.64 bits per heavy atom. The van der Waals surface area contributed by atoms with E-state index in [9.17, 15) is 0 Å². The second kappa shape index (κ2) is 3.46. The van der Waals surface area contributed by atoms with Gasteiger partial charge < -0.3 is 5.73 Å². The van der Waals surface area contributed by atoms with Crippen LogP contribution in [-0.2, 0) is 0 Å². The standard InChI is InChI=1S/C11H11N3/c1-8-2-3-10(14-7-8)9-4-5-13-11(12)6-9/h2-7H,1H3,(H2,12,13). The molecule has 2 heterocycles. The van der Waals surface area contributed by atoms with Crippen molar-refractivity contribution in [1.29, 1.82) is 0 Å². The van der Waals surface area contributed by atoms with Crippen LogP contribution in [0.2, 0.25) is 0 Å². The third-order valence-electron chi connectivity index (χ3n) is 1.99. The van der Waals surface area contributed by atoms with E-state index in [2.05, 4.69) is 9.97 Å². The number of aryl methyl sites for hydroxylation is 1. The minimum absolute atomic E-state index is 0.518. The monoisotopic (exact) mass is 185 g/mol. The van der Waals surface area contributed by atoms with Gasteiger partial charge >= 0.3 is 0 Å². The quantitative estimate of drug-likeness (QED) is 0.739. The van der Waals surface area contributed by atoms with Crippen molar-refractivity contribution in [2.45, 2.75) is 6.92 Å². The Hall–Kier alpha value is -1.90. The van der Waals surface area contributed by atoms with Gasteiger partial charge in [0.15, 0.2) is 0 Å². The lowest BCUT2D eigenvalue weighted by atomic mass is 10.1. The lowest BCUT2D eigenvalue weighted by Gasteiger charge is -2.01. The number of pyridine rings is 2. The van der Waals surface area contributed by atoms with E-state index >= 15 is 0 Å². The lowest BCUT2D eigenvalue weighted by molar-refractivity contribution is 1.26.